The van der Waals surface area contributed by atoms with E-state index >= 15 is 0 Å². The van der Waals surface area contributed by atoms with Gasteiger partial charge in [-0.15, -0.1) is 0 Å². The first kappa shape index (κ1) is 15.4. The molecule has 1 fully saturated rings. The van der Waals surface area contributed by atoms with E-state index in [1.54, 1.807) is 18.2 Å². The summed E-state index contributed by atoms with van der Waals surface area (Å²) < 4.78 is 0. The van der Waals surface area contributed by atoms with E-state index in [0.717, 1.165) is 18.4 Å². The summed E-state index contributed by atoms with van der Waals surface area (Å²) in [4.78, 5) is 11.9. The molecule has 4 nitrogen and oxygen atoms in total. The van der Waals surface area contributed by atoms with E-state index < -0.39 is 5.54 Å². The first-order valence-electron chi connectivity index (χ1n) is 6.55. The van der Waals surface area contributed by atoms with Crippen LogP contribution in [0, 0.1) is 5.92 Å². The van der Waals surface area contributed by atoms with E-state index in [2.05, 4.69) is 10.6 Å². The second-order valence-electron chi connectivity index (χ2n) is 5.39. The summed E-state index contributed by atoms with van der Waals surface area (Å²) in [6.07, 6.45) is 2.08. The van der Waals surface area contributed by atoms with Crippen molar-refractivity contribution in [1.29, 1.82) is 0 Å². The number of rotatable bonds is 5. The van der Waals surface area contributed by atoms with Crippen LogP contribution in [-0.2, 0) is 6.54 Å². The van der Waals surface area contributed by atoms with Crippen molar-refractivity contribution in [2.45, 2.75) is 31.8 Å². The van der Waals surface area contributed by atoms with Crippen LogP contribution in [0.25, 0.3) is 0 Å². The summed E-state index contributed by atoms with van der Waals surface area (Å²) in [7, 11) is 0. The molecule has 1 saturated carbocycles. The summed E-state index contributed by atoms with van der Waals surface area (Å²) in [5.41, 5.74) is 0.247. The molecule has 2 rings (SSSR count). The molecule has 110 valence electrons. The quantitative estimate of drug-likeness (QED) is 0.782. The number of nitrogens with one attached hydrogen (secondary N) is 2. The van der Waals surface area contributed by atoms with E-state index in [4.69, 9.17) is 23.2 Å². The van der Waals surface area contributed by atoms with Gasteiger partial charge in [0, 0.05) is 16.6 Å². The van der Waals surface area contributed by atoms with Gasteiger partial charge in [0.1, 0.15) is 0 Å². The average molecular weight is 317 g/mol. The molecule has 0 saturated heterocycles. The maximum atomic E-state index is 11.9. The lowest BCUT2D eigenvalue weighted by molar-refractivity contribution is 0.155. The highest BCUT2D eigenvalue weighted by atomic mass is 35.5. The minimum Gasteiger partial charge on any atom is -0.394 e. The number of urea groups is 1. The SMILES string of the molecule is CC(CO)(NC(=O)NCc1ccc(Cl)cc1Cl)C1CC1. The van der Waals surface area contributed by atoms with E-state index in [9.17, 15) is 9.90 Å². The Kier molecular flexibility index (Phi) is 4.78. The molecule has 1 aliphatic carbocycles. The molecule has 0 heterocycles. The Morgan fingerprint density at radius 1 is 1.45 bits per heavy atom. The average Bonchev–Trinajstić information content (AvgIpc) is 3.22. The van der Waals surface area contributed by atoms with Gasteiger partial charge in [0.25, 0.3) is 0 Å². The van der Waals surface area contributed by atoms with Gasteiger partial charge in [-0.05, 0) is 43.4 Å². The van der Waals surface area contributed by atoms with Gasteiger partial charge in [-0.1, -0.05) is 29.3 Å². The molecule has 0 aromatic heterocycles. The highest BCUT2D eigenvalue weighted by molar-refractivity contribution is 6.35. The molecule has 0 radical (unpaired) electrons. The molecule has 1 unspecified atom stereocenters. The van der Waals surface area contributed by atoms with E-state index in [-0.39, 0.29) is 12.6 Å². The third-order valence-corrected chi connectivity index (χ3v) is 4.25. The molecule has 6 heteroatoms. The molecular formula is C14H18Cl2N2O2. The Hall–Kier alpha value is -0.970. The molecule has 3 N–H and O–H groups in total. The number of hydrogen-bond donors (Lipinski definition) is 3. The van der Waals surface area contributed by atoms with Crippen molar-refractivity contribution in [3.63, 3.8) is 0 Å². The predicted octanol–water partition coefficient (Wildman–Crippen LogP) is 2.95. The number of hydrogen-bond acceptors (Lipinski definition) is 2. The van der Waals surface area contributed by atoms with Crippen LogP contribution in [0.4, 0.5) is 4.79 Å². The largest absolute Gasteiger partial charge is 0.394 e. The zero-order chi connectivity index (χ0) is 14.8. The van der Waals surface area contributed by atoms with Crippen molar-refractivity contribution in [3.05, 3.63) is 33.8 Å². The molecular weight excluding hydrogens is 299 g/mol. The van der Waals surface area contributed by atoms with Gasteiger partial charge < -0.3 is 15.7 Å². The molecule has 1 aliphatic rings. The van der Waals surface area contributed by atoms with Crippen LogP contribution in [0.5, 0.6) is 0 Å². The highest BCUT2D eigenvalue weighted by Crippen LogP contribution is 2.39. The van der Waals surface area contributed by atoms with Crippen molar-refractivity contribution in [2.24, 2.45) is 5.92 Å². The van der Waals surface area contributed by atoms with Gasteiger partial charge in [-0.25, -0.2) is 4.79 Å². The van der Waals surface area contributed by atoms with Gasteiger partial charge >= 0.3 is 6.03 Å². The minimum absolute atomic E-state index is 0.0627. The van der Waals surface area contributed by atoms with Gasteiger partial charge in [0.15, 0.2) is 0 Å². The maximum absolute atomic E-state index is 11.9. The smallest absolute Gasteiger partial charge is 0.315 e. The molecule has 0 aliphatic heterocycles. The van der Waals surface area contributed by atoms with E-state index in [0.29, 0.717) is 22.5 Å². The van der Waals surface area contributed by atoms with Gasteiger partial charge in [-0.3, -0.25) is 0 Å². The van der Waals surface area contributed by atoms with Crippen LogP contribution in [-0.4, -0.2) is 23.3 Å². The lowest BCUT2D eigenvalue weighted by atomic mass is 9.97. The van der Waals surface area contributed by atoms with Gasteiger partial charge in [0.05, 0.1) is 12.1 Å². The summed E-state index contributed by atoms with van der Waals surface area (Å²) >= 11 is 11.9. The van der Waals surface area contributed by atoms with Crippen molar-refractivity contribution in [1.82, 2.24) is 10.6 Å². The molecule has 0 spiro atoms. The lowest BCUT2D eigenvalue weighted by Crippen LogP contribution is -2.53. The van der Waals surface area contributed by atoms with Crippen LogP contribution in [0.2, 0.25) is 10.0 Å². The number of halogens is 2. The molecule has 2 amide bonds. The topological polar surface area (TPSA) is 61.4 Å². The first-order chi connectivity index (χ1) is 9.44. The van der Waals surface area contributed by atoms with Gasteiger partial charge in [-0.2, -0.15) is 0 Å². The second-order valence-corrected chi connectivity index (χ2v) is 6.24. The zero-order valence-electron chi connectivity index (χ0n) is 11.2. The molecule has 1 aromatic carbocycles. The normalized spacial score (nSPS) is 17.4. The van der Waals surface area contributed by atoms with E-state index in [1.807, 2.05) is 6.92 Å². The van der Waals surface area contributed by atoms with Crippen molar-refractivity contribution in [3.8, 4) is 0 Å². The third-order valence-electron chi connectivity index (χ3n) is 3.66. The number of aliphatic hydroxyl groups is 1. The number of carbonyl (C=O) groups excluding carboxylic acids is 1. The predicted molar refractivity (Wildman–Crippen MR) is 80.0 cm³/mol. The molecule has 1 atom stereocenters. The van der Waals surface area contributed by atoms with Crippen LogP contribution in [0.1, 0.15) is 25.3 Å². The van der Waals surface area contributed by atoms with Crippen LogP contribution < -0.4 is 10.6 Å². The Morgan fingerprint density at radius 2 is 2.15 bits per heavy atom. The number of amides is 2. The van der Waals surface area contributed by atoms with Crippen molar-refractivity contribution >= 4 is 29.2 Å². The van der Waals surface area contributed by atoms with Crippen molar-refractivity contribution < 1.29 is 9.90 Å². The third kappa shape index (κ3) is 3.78. The van der Waals surface area contributed by atoms with Crippen molar-refractivity contribution in [2.75, 3.05) is 6.61 Å². The lowest BCUT2D eigenvalue weighted by Gasteiger charge is -2.28. The molecule has 20 heavy (non-hydrogen) atoms. The minimum atomic E-state index is -0.548. The van der Waals surface area contributed by atoms with Crippen LogP contribution in [0.15, 0.2) is 18.2 Å². The number of aliphatic hydroxyl groups excluding tert-OH is 1. The zero-order valence-corrected chi connectivity index (χ0v) is 12.8. The summed E-state index contributed by atoms with van der Waals surface area (Å²) in [6.45, 7) is 2.11. The standard InChI is InChI=1S/C14H18Cl2N2O2/c1-14(8-19,10-3-4-10)18-13(20)17-7-9-2-5-11(15)6-12(9)16/h2,5-6,10,19H,3-4,7-8H2,1H3,(H2,17,18,20). The number of benzene rings is 1. The Labute approximate surface area is 128 Å². The monoisotopic (exact) mass is 316 g/mol. The fourth-order valence-electron chi connectivity index (χ4n) is 2.14. The summed E-state index contributed by atoms with van der Waals surface area (Å²) in [5.74, 6) is 0.359. The molecule has 0 bridgehead atoms. The highest BCUT2D eigenvalue weighted by Gasteiger charge is 2.42. The molecule has 1 aromatic rings. The fourth-order valence-corrected chi connectivity index (χ4v) is 2.61. The number of carbonyl (C=O) groups is 1. The Morgan fingerprint density at radius 3 is 2.70 bits per heavy atom. The van der Waals surface area contributed by atoms with Crippen LogP contribution in [0.3, 0.4) is 0 Å². The Bertz CT molecular complexity index is 506. The van der Waals surface area contributed by atoms with Gasteiger partial charge in [0.2, 0.25) is 0 Å². The maximum Gasteiger partial charge on any atom is 0.315 e. The fraction of sp³-hybridized carbons (Fsp3) is 0.500. The van der Waals surface area contributed by atoms with Crippen LogP contribution >= 0.6 is 23.2 Å². The Balaban J connectivity index is 1.88. The summed E-state index contributed by atoms with van der Waals surface area (Å²) in [6, 6.07) is 4.83. The first-order valence-corrected chi connectivity index (χ1v) is 7.31. The second kappa shape index (κ2) is 6.20. The van der Waals surface area contributed by atoms with E-state index in [1.165, 1.54) is 0 Å². The summed E-state index contributed by atoms with van der Waals surface area (Å²) in [5, 5.41) is 16.1.